The van der Waals surface area contributed by atoms with Crippen LogP contribution in [-0.4, -0.2) is 18.0 Å². The van der Waals surface area contributed by atoms with Crippen molar-refractivity contribution in [2.75, 3.05) is 12.8 Å². The Hall–Kier alpha value is -2.11. The number of carbonyl (C=O) groups is 1. The molecule has 1 aromatic rings. The number of hydrogen-bond acceptors (Lipinski definition) is 5. The lowest BCUT2D eigenvalue weighted by Crippen LogP contribution is -2.10. The van der Waals surface area contributed by atoms with E-state index in [4.69, 9.17) is 5.73 Å². The fourth-order valence-corrected chi connectivity index (χ4v) is 1.26. The van der Waals surface area contributed by atoms with Gasteiger partial charge in [-0.15, -0.1) is 0 Å². The van der Waals surface area contributed by atoms with Crippen molar-refractivity contribution in [3.63, 3.8) is 0 Å². The molecule has 1 rings (SSSR count). The molecule has 80 valence electrons. The number of aryl methyl sites for hydroxylation is 1. The van der Waals surface area contributed by atoms with Crippen LogP contribution in [0, 0.1) is 17.0 Å². The number of carbonyl (C=O) groups excluding carboxylic acids is 1. The van der Waals surface area contributed by atoms with E-state index in [9.17, 15) is 14.9 Å². The van der Waals surface area contributed by atoms with Crippen LogP contribution in [0.2, 0.25) is 0 Å². The van der Waals surface area contributed by atoms with E-state index >= 15 is 0 Å². The third-order valence-electron chi connectivity index (χ3n) is 1.99. The molecule has 0 heterocycles. The van der Waals surface area contributed by atoms with Crippen LogP contribution < -0.4 is 5.73 Å². The van der Waals surface area contributed by atoms with Crippen molar-refractivity contribution in [2.45, 2.75) is 6.92 Å². The number of nitrogens with two attached hydrogens (primary N) is 1. The Balaban J connectivity index is 3.52. The van der Waals surface area contributed by atoms with E-state index in [-0.39, 0.29) is 11.3 Å². The maximum Gasteiger partial charge on any atom is 0.345 e. The Kier molecular flexibility index (Phi) is 2.89. The zero-order chi connectivity index (χ0) is 11.6. The van der Waals surface area contributed by atoms with Crippen molar-refractivity contribution in [1.29, 1.82) is 0 Å². The number of nitrogens with zero attached hydrogens (tertiary/aromatic N) is 1. The largest absolute Gasteiger partial charge is 0.465 e. The summed E-state index contributed by atoms with van der Waals surface area (Å²) in [6, 6.07) is 2.93. The molecule has 15 heavy (non-hydrogen) atoms. The van der Waals surface area contributed by atoms with Gasteiger partial charge in [0.15, 0.2) is 0 Å². The highest BCUT2D eigenvalue weighted by Crippen LogP contribution is 2.29. The lowest BCUT2D eigenvalue weighted by molar-refractivity contribution is -0.384. The van der Waals surface area contributed by atoms with E-state index in [0.717, 1.165) is 7.11 Å². The number of benzene rings is 1. The number of hydrogen-bond donors (Lipinski definition) is 1. The number of ether oxygens (including phenoxy) is 1. The lowest BCUT2D eigenvalue weighted by atomic mass is 10.1. The van der Waals surface area contributed by atoms with Gasteiger partial charge in [0, 0.05) is 0 Å². The Bertz CT molecular complexity index is 428. The number of nitrogen functional groups attached to an aromatic ring is 1. The second kappa shape index (κ2) is 3.95. The summed E-state index contributed by atoms with van der Waals surface area (Å²) in [5.41, 5.74) is 5.35. The summed E-state index contributed by atoms with van der Waals surface area (Å²) in [6.45, 7) is 1.58. The Morgan fingerprint density at radius 3 is 2.60 bits per heavy atom. The second-order valence-electron chi connectivity index (χ2n) is 2.94. The normalized spacial score (nSPS) is 9.73. The van der Waals surface area contributed by atoms with Crippen LogP contribution in [-0.2, 0) is 4.74 Å². The van der Waals surface area contributed by atoms with Crippen molar-refractivity contribution in [2.24, 2.45) is 0 Å². The number of rotatable bonds is 2. The van der Waals surface area contributed by atoms with E-state index in [2.05, 4.69) is 4.74 Å². The molecule has 0 bridgehead atoms. The Morgan fingerprint density at radius 1 is 1.53 bits per heavy atom. The van der Waals surface area contributed by atoms with Crippen LogP contribution in [0.15, 0.2) is 12.1 Å². The van der Waals surface area contributed by atoms with Crippen LogP contribution in [0.25, 0.3) is 0 Å². The molecular weight excluding hydrogens is 200 g/mol. The highest BCUT2D eigenvalue weighted by molar-refractivity contribution is 5.98. The fourth-order valence-electron chi connectivity index (χ4n) is 1.26. The number of anilines is 1. The Morgan fingerprint density at radius 2 is 2.13 bits per heavy atom. The molecule has 0 spiro atoms. The molecule has 0 aromatic heterocycles. The van der Waals surface area contributed by atoms with Crippen LogP contribution in [0.4, 0.5) is 11.4 Å². The maximum atomic E-state index is 11.3. The number of esters is 1. The monoisotopic (exact) mass is 210 g/mol. The second-order valence-corrected chi connectivity index (χ2v) is 2.94. The molecule has 6 heteroatoms. The highest BCUT2D eigenvalue weighted by atomic mass is 16.6. The summed E-state index contributed by atoms with van der Waals surface area (Å²) in [5.74, 6) is -0.758. The van der Waals surface area contributed by atoms with Gasteiger partial charge in [-0.25, -0.2) is 4.79 Å². The van der Waals surface area contributed by atoms with E-state index < -0.39 is 16.6 Å². The van der Waals surface area contributed by atoms with Crippen LogP contribution in [0.5, 0.6) is 0 Å². The van der Waals surface area contributed by atoms with Gasteiger partial charge in [-0.1, -0.05) is 6.07 Å². The van der Waals surface area contributed by atoms with Gasteiger partial charge >= 0.3 is 11.7 Å². The van der Waals surface area contributed by atoms with Crippen LogP contribution >= 0.6 is 0 Å². The zero-order valence-corrected chi connectivity index (χ0v) is 8.31. The summed E-state index contributed by atoms with van der Waals surface area (Å²) in [7, 11) is 1.16. The van der Waals surface area contributed by atoms with Gasteiger partial charge in [-0.2, -0.15) is 0 Å². The van der Waals surface area contributed by atoms with Crippen LogP contribution in [0.1, 0.15) is 15.9 Å². The van der Waals surface area contributed by atoms with Crippen LogP contribution in [0.3, 0.4) is 0 Å². The highest BCUT2D eigenvalue weighted by Gasteiger charge is 2.26. The molecule has 0 atom stereocenters. The molecule has 0 aliphatic carbocycles. The van der Waals surface area contributed by atoms with E-state index in [0.29, 0.717) is 5.56 Å². The molecule has 0 unspecified atom stereocenters. The first-order valence-electron chi connectivity index (χ1n) is 4.10. The molecule has 0 aliphatic heterocycles. The molecule has 0 fully saturated rings. The van der Waals surface area contributed by atoms with Gasteiger partial charge in [0.2, 0.25) is 0 Å². The van der Waals surface area contributed by atoms with Crippen molar-refractivity contribution in [3.05, 3.63) is 33.4 Å². The predicted octanol–water partition coefficient (Wildman–Crippen LogP) is 1.27. The molecule has 0 saturated carbocycles. The van der Waals surface area contributed by atoms with E-state index in [1.165, 1.54) is 12.1 Å². The number of nitro groups is 1. The molecule has 0 radical (unpaired) electrons. The molecular formula is C9H10N2O4. The summed E-state index contributed by atoms with van der Waals surface area (Å²) in [6.07, 6.45) is 0. The van der Waals surface area contributed by atoms with Crippen molar-refractivity contribution >= 4 is 17.3 Å². The molecule has 0 amide bonds. The van der Waals surface area contributed by atoms with Crippen molar-refractivity contribution in [3.8, 4) is 0 Å². The summed E-state index contributed by atoms with van der Waals surface area (Å²) >= 11 is 0. The average Bonchev–Trinajstić information content (AvgIpc) is 2.19. The third kappa shape index (κ3) is 1.88. The first-order valence-corrected chi connectivity index (χ1v) is 4.10. The molecule has 2 N–H and O–H groups in total. The summed E-state index contributed by atoms with van der Waals surface area (Å²) in [5, 5.41) is 10.7. The lowest BCUT2D eigenvalue weighted by Gasteiger charge is -2.06. The number of methoxy groups -OCH3 is 1. The summed E-state index contributed by atoms with van der Waals surface area (Å²) < 4.78 is 4.46. The van der Waals surface area contributed by atoms with Gasteiger partial charge in [0.1, 0.15) is 11.3 Å². The smallest absolute Gasteiger partial charge is 0.345 e. The zero-order valence-electron chi connectivity index (χ0n) is 8.31. The minimum Gasteiger partial charge on any atom is -0.465 e. The maximum absolute atomic E-state index is 11.3. The molecule has 6 nitrogen and oxygen atoms in total. The third-order valence-corrected chi connectivity index (χ3v) is 1.99. The first kappa shape index (κ1) is 11.0. The quantitative estimate of drug-likeness (QED) is 0.343. The van der Waals surface area contributed by atoms with E-state index in [1.54, 1.807) is 6.92 Å². The van der Waals surface area contributed by atoms with Gasteiger partial charge in [0.25, 0.3) is 0 Å². The van der Waals surface area contributed by atoms with E-state index in [1.807, 2.05) is 0 Å². The van der Waals surface area contributed by atoms with Gasteiger partial charge < -0.3 is 10.5 Å². The minimum atomic E-state index is -0.758. The molecule has 0 aliphatic rings. The predicted molar refractivity (Wildman–Crippen MR) is 53.6 cm³/mol. The Labute approximate surface area is 85.8 Å². The van der Waals surface area contributed by atoms with Gasteiger partial charge in [0.05, 0.1) is 12.0 Å². The van der Waals surface area contributed by atoms with Crippen molar-refractivity contribution in [1.82, 2.24) is 0 Å². The van der Waals surface area contributed by atoms with Gasteiger partial charge in [-0.05, 0) is 18.6 Å². The fraction of sp³-hybridized carbons (Fsp3) is 0.222. The minimum absolute atomic E-state index is 0.0500. The molecule has 0 saturated heterocycles. The summed E-state index contributed by atoms with van der Waals surface area (Å²) in [4.78, 5) is 21.4. The van der Waals surface area contributed by atoms with Crippen molar-refractivity contribution < 1.29 is 14.5 Å². The SMILES string of the molecule is COC(=O)c1c(C)ccc(N)c1[N+](=O)[O-]. The standard InChI is InChI=1S/C9H10N2O4/c1-5-3-4-6(10)8(11(13)14)7(5)9(12)15-2/h3-4H,10H2,1-2H3. The first-order chi connectivity index (χ1) is 6.99. The number of nitro benzene ring substituents is 1. The van der Waals surface area contributed by atoms with Gasteiger partial charge in [-0.3, -0.25) is 10.1 Å². The molecule has 1 aromatic carbocycles. The topological polar surface area (TPSA) is 95.5 Å². The average molecular weight is 210 g/mol.